The van der Waals surface area contributed by atoms with Crippen molar-refractivity contribution in [2.45, 2.75) is 116 Å². The number of ether oxygens (including phenoxy) is 1. The van der Waals surface area contributed by atoms with E-state index in [2.05, 4.69) is 22.1 Å². The van der Waals surface area contributed by atoms with Gasteiger partial charge < -0.3 is 25.0 Å². The van der Waals surface area contributed by atoms with Gasteiger partial charge in [0.1, 0.15) is 24.1 Å². The molecule has 1 aromatic rings. The van der Waals surface area contributed by atoms with Crippen LogP contribution in [0.25, 0.3) is 0 Å². The zero-order valence-electron chi connectivity index (χ0n) is 25.2. The number of carboxylic acids is 1. The topological polar surface area (TPSA) is 135 Å². The fraction of sp³-hybridized carbons (Fsp3) is 0.828. The minimum Gasteiger partial charge on any atom is -0.476 e. The van der Waals surface area contributed by atoms with Crippen molar-refractivity contribution >= 4 is 23.2 Å². The smallest absolute Gasteiger partial charge is 0.355 e. The summed E-state index contributed by atoms with van der Waals surface area (Å²) in [7, 11) is 2.01. The Morgan fingerprint density at radius 2 is 1.95 bits per heavy atom. The summed E-state index contributed by atoms with van der Waals surface area (Å²) in [5.41, 5.74) is -0.102. The van der Waals surface area contributed by atoms with Gasteiger partial charge in [0.25, 0.3) is 0 Å². The molecule has 2 heterocycles. The number of piperidine rings is 1. The van der Waals surface area contributed by atoms with Crippen LogP contribution in [-0.4, -0.2) is 93.3 Å². The average Bonchev–Trinajstić information content (AvgIpc) is 3.43. The molecule has 1 aromatic heterocycles. The van der Waals surface area contributed by atoms with Crippen molar-refractivity contribution in [2.75, 3.05) is 26.9 Å². The number of unbranched alkanes of at least 4 members (excludes halogenated alkanes) is 2. The lowest BCUT2D eigenvalue weighted by Gasteiger charge is -2.41. The number of carbonyl (C=O) groups is 2. The first-order valence-electron chi connectivity index (χ1n) is 14.9. The SMILES string of the molecule is CCCCCOCN(C(=O)C(NC(O)C1CCCCN1C)C(C)CC)C(CC(O)c1nc(C(=O)O)cs1)C(C)C. The number of carboxylic acid groups (broad SMARTS) is 1. The highest BCUT2D eigenvalue weighted by molar-refractivity contribution is 7.09. The quantitative estimate of drug-likeness (QED) is 0.149. The second-order valence-corrected chi connectivity index (χ2v) is 12.4. The monoisotopic (exact) mass is 584 g/mol. The number of aliphatic hydroxyl groups is 2. The fourth-order valence-corrected chi connectivity index (χ4v) is 6.05. The van der Waals surface area contributed by atoms with E-state index in [4.69, 9.17) is 4.74 Å². The minimum atomic E-state index is -1.14. The van der Waals surface area contributed by atoms with Gasteiger partial charge in [-0.2, -0.15) is 0 Å². The average molecular weight is 585 g/mol. The van der Waals surface area contributed by atoms with E-state index < -0.39 is 30.4 Å². The summed E-state index contributed by atoms with van der Waals surface area (Å²) in [6.07, 6.45) is 5.05. The summed E-state index contributed by atoms with van der Waals surface area (Å²) >= 11 is 1.10. The van der Waals surface area contributed by atoms with Gasteiger partial charge in [-0.1, -0.05) is 60.3 Å². The molecule has 0 spiro atoms. The van der Waals surface area contributed by atoms with Gasteiger partial charge in [0, 0.05) is 30.5 Å². The maximum atomic E-state index is 14.3. The van der Waals surface area contributed by atoms with E-state index in [0.717, 1.165) is 62.8 Å². The van der Waals surface area contributed by atoms with Crippen molar-refractivity contribution in [1.29, 1.82) is 0 Å². The fourth-order valence-electron chi connectivity index (χ4n) is 5.26. The molecular formula is C29H52N4O6S. The molecule has 0 aromatic carbocycles. The summed E-state index contributed by atoms with van der Waals surface area (Å²) in [5.74, 6) is -1.38. The van der Waals surface area contributed by atoms with Gasteiger partial charge in [0.2, 0.25) is 5.91 Å². The van der Waals surface area contributed by atoms with E-state index in [9.17, 15) is 24.9 Å². The molecule has 6 unspecified atom stereocenters. The second-order valence-electron chi connectivity index (χ2n) is 11.5. The minimum absolute atomic E-state index is 0.0243. The van der Waals surface area contributed by atoms with Crippen LogP contribution in [0.5, 0.6) is 0 Å². The molecule has 0 bridgehead atoms. The Morgan fingerprint density at radius 3 is 2.52 bits per heavy atom. The molecule has 10 nitrogen and oxygen atoms in total. The predicted molar refractivity (Wildman–Crippen MR) is 157 cm³/mol. The molecule has 0 saturated carbocycles. The van der Waals surface area contributed by atoms with E-state index in [1.54, 1.807) is 4.90 Å². The number of aromatic nitrogens is 1. The van der Waals surface area contributed by atoms with Crippen LogP contribution in [0.2, 0.25) is 0 Å². The summed E-state index contributed by atoms with van der Waals surface area (Å²) in [6, 6.07) is -1.09. The van der Waals surface area contributed by atoms with E-state index in [0.29, 0.717) is 11.6 Å². The van der Waals surface area contributed by atoms with Crippen LogP contribution in [-0.2, 0) is 9.53 Å². The van der Waals surface area contributed by atoms with E-state index in [1.165, 1.54) is 5.38 Å². The van der Waals surface area contributed by atoms with Crippen LogP contribution >= 0.6 is 11.3 Å². The molecular weight excluding hydrogens is 532 g/mol. The lowest BCUT2D eigenvalue weighted by molar-refractivity contribution is -0.148. The summed E-state index contributed by atoms with van der Waals surface area (Å²) in [5, 5.41) is 36.5. The Kier molecular flexibility index (Phi) is 15.0. The summed E-state index contributed by atoms with van der Waals surface area (Å²) in [6.45, 7) is 11.7. The van der Waals surface area contributed by atoms with Crippen LogP contribution in [0.4, 0.5) is 0 Å². The first kappa shape index (κ1) is 34.6. The number of aliphatic hydroxyl groups excluding tert-OH is 2. The van der Waals surface area contributed by atoms with E-state index >= 15 is 0 Å². The molecule has 0 radical (unpaired) electrons. The lowest BCUT2D eigenvalue weighted by Crippen LogP contribution is -2.60. The second kappa shape index (κ2) is 17.4. The number of thiazole rings is 1. The van der Waals surface area contributed by atoms with Crippen LogP contribution in [0, 0.1) is 11.8 Å². The standard InChI is InChI=1S/C29H52N4O6S/c1-7-9-12-15-39-18-33(23(19(3)4)16-24(34)27-30-21(17-40-27)29(37)38)28(36)25(20(5)8-2)31-26(35)22-13-10-11-14-32(22)6/h17,19-20,22-26,31,34-35H,7-16,18H2,1-6H3,(H,37,38). The molecule has 11 heteroatoms. The van der Waals surface area contributed by atoms with Crippen LogP contribution in [0.3, 0.4) is 0 Å². The van der Waals surface area contributed by atoms with Crippen molar-refractivity contribution in [2.24, 2.45) is 11.8 Å². The molecule has 1 amide bonds. The van der Waals surface area contributed by atoms with Crippen molar-refractivity contribution in [3.8, 4) is 0 Å². The number of aromatic carboxylic acids is 1. The maximum absolute atomic E-state index is 14.3. The van der Waals surface area contributed by atoms with Crippen LogP contribution in [0.1, 0.15) is 108 Å². The van der Waals surface area contributed by atoms with Gasteiger partial charge in [0.05, 0.1) is 6.04 Å². The molecule has 1 aliphatic heterocycles. The number of likely N-dealkylation sites (N-methyl/N-ethyl adjacent to an activating group) is 1. The zero-order chi connectivity index (χ0) is 29.8. The number of hydrogen-bond donors (Lipinski definition) is 4. The van der Waals surface area contributed by atoms with Crippen molar-refractivity contribution < 1.29 is 29.6 Å². The van der Waals surface area contributed by atoms with Crippen LogP contribution in [0.15, 0.2) is 5.38 Å². The molecule has 230 valence electrons. The van der Waals surface area contributed by atoms with Crippen LogP contribution < -0.4 is 5.32 Å². The largest absolute Gasteiger partial charge is 0.476 e. The first-order valence-corrected chi connectivity index (χ1v) is 15.8. The van der Waals surface area contributed by atoms with Gasteiger partial charge in [-0.05, 0) is 44.7 Å². The molecule has 1 fully saturated rings. The highest BCUT2D eigenvalue weighted by Crippen LogP contribution is 2.29. The van der Waals surface area contributed by atoms with Crippen molar-refractivity contribution in [1.82, 2.24) is 20.1 Å². The van der Waals surface area contributed by atoms with Crippen molar-refractivity contribution in [3.63, 3.8) is 0 Å². The van der Waals surface area contributed by atoms with Gasteiger partial charge in [-0.15, -0.1) is 11.3 Å². The Labute approximate surface area is 244 Å². The number of nitrogens with zero attached hydrogens (tertiary/aromatic N) is 3. The molecule has 1 aliphatic rings. The first-order chi connectivity index (χ1) is 19.0. The zero-order valence-corrected chi connectivity index (χ0v) is 26.0. The third-order valence-electron chi connectivity index (χ3n) is 8.09. The lowest BCUT2D eigenvalue weighted by atomic mass is 9.92. The molecule has 6 atom stereocenters. The van der Waals surface area contributed by atoms with Crippen molar-refractivity contribution in [3.05, 3.63) is 16.1 Å². The Balaban J connectivity index is 2.31. The number of hydrogen-bond acceptors (Lipinski definition) is 9. The Bertz CT molecular complexity index is 900. The Morgan fingerprint density at radius 1 is 1.23 bits per heavy atom. The molecule has 1 saturated heterocycles. The van der Waals surface area contributed by atoms with Gasteiger partial charge in [0.15, 0.2) is 5.69 Å². The molecule has 4 N–H and O–H groups in total. The summed E-state index contributed by atoms with van der Waals surface area (Å²) in [4.78, 5) is 33.6. The number of amides is 1. The summed E-state index contributed by atoms with van der Waals surface area (Å²) < 4.78 is 6.01. The normalized spacial score (nSPS) is 20.2. The van der Waals surface area contributed by atoms with E-state index in [1.807, 2.05) is 34.7 Å². The van der Waals surface area contributed by atoms with Gasteiger partial charge >= 0.3 is 5.97 Å². The maximum Gasteiger partial charge on any atom is 0.355 e. The highest BCUT2D eigenvalue weighted by atomic mass is 32.1. The number of likely N-dealkylation sites (tertiary alicyclic amines) is 1. The Hall–Kier alpha value is -1.63. The van der Waals surface area contributed by atoms with E-state index in [-0.39, 0.29) is 42.6 Å². The highest BCUT2D eigenvalue weighted by Gasteiger charge is 2.38. The molecule has 0 aliphatic carbocycles. The molecule has 40 heavy (non-hydrogen) atoms. The third-order valence-corrected chi connectivity index (χ3v) is 9.03. The molecule has 2 rings (SSSR count). The predicted octanol–water partition coefficient (Wildman–Crippen LogP) is 4.09. The number of rotatable bonds is 18. The van der Waals surface area contributed by atoms with Gasteiger partial charge in [-0.3, -0.25) is 15.0 Å². The third kappa shape index (κ3) is 10.0. The number of nitrogens with one attached hydrogen (secondary N) is 1. The number of carbonyl (C=O) groups excluding carboxylic acids is 1. The van der Waals surface area contributed by atoms with Gasteiger partial charge in [-0.25, -0.2) is 9.78 Å².